The van der Waals surface area contributed by atoms with Crippen molar-refractivity contribution in [2.75, 3.05) is 20.8 Å². The average Bonchev–Trinajstić information content (AvgIpc) is 3.33. The van der Waals surface area contributed by atoms with Crippen LogP contribution >= 0.6 is 15.9 Å². The van der Waals surface area contributed by atoms with Crippen molar-refractivity contribution in [3.63, 3.8) is 0 Å². The fraction of sp³-hybridized carbons (Fsp3) is 0.300. The molecule has 1 fully saturated rings. The molecule has 2 aromatic carbocycles. The second-order valence-corrected chi connectivity index (χ2v) is 7.35. The Morgan fingerprint density at radius 3 is 2.59 bits per heavy atom. The van der Waals surface area contributed by atoms with Gasteiger partial charge in [0, 0.05) is 22.6 Å². The van der Waals surface area contributed by atoms with Crippen LogP contribution in [0.5, 0.6) is 11.5 Å². The maximum absolute atomic E-state index is 13.0. The molecule has 4 rings (SSSR count). The number of hydrogen-bond acceptors (Lipinski definition) is 5. The van der Waals surface area contributed by atoms with Crippen molar-refractivity contribution in [3.8, 4) is 11.5 Å². The zero-order valence-corrected chi connectivity index (χ0v) is 16.7. The molecule has 0 saturated carbocycles. The van der Waals surface area contributed by atoms with Crippen LogP contribution in [0.25, 0.3) is 11.0 Å². The van der Waals surface area contributed by atoms with Gasteiger partial charge in [-0.25, -0.2) is 0 Å². The lowest BCUT2D eigenvalue weighted by Gasteiger charge is -2.23. The lowest BCUT2D eigenvalue weighted by Crippen LogP contribution is -2.30. The molecule has 0 N–H and O–H groups in total. The molecule has 6 nitrogen and oxygen atoms in total. The van der Waals surface area contributed by atoms with Gasteiger partial charge in [-0.3, -0.25) is 4.79 Å². The van der Waals surface area contributed by atoms with E-state index in [4.69, 9.17) is 14.0 Å². The Morgan fingerprint density at radius 1 is 1.19 bits per heavy atom. The predicted molar refractivity (Wildman–Crippen MR) is 104 cm³/mol. The number of rotatable bonds is 4. The molecule has 2 heterocycles. The normalized spacial score (nSPS) is 16.7. The van der Waals surface area contributed by atoms with Gasteiger partial charge < -0.3 is 18.9 Å². The molecule has 140 valence electrons. The van der Waals surface area contributed by atoms with Crippen LogP contribution in [0.2, 0.25) is 0 Å². The summed E-state index contributed by atoms with van der Waals surface area (Å²) in [6.07, 6.45) is 1.77. The van der Waals surface area contributed by atoms with Crippen molar-refractivity contribution in [1.29, 1.82) is 0 Å². The molecule has 1 aliphatic rings. The summed E-state index contributed by atoms with van der Waals surface area (Å²) in [6.45, 7) is 0.696. The van der Waals surface area contributed by atoms with Crippen LogP contribution < -0.4 is 9.47 Å². The largest absolute Gasteiger partial charge is 0.493 e. The number of aromatic nitrogens is 1. The molecule has 1 aliphatic heterocycles. The summed E-state index contributed by atoms with van der Waals surface area (Å²) in [4.78, 5) is 14.9. The summed E-state index contributed by atoms with van der Waals surface area (Å²) in [5.74, 6) is 1.20. The highest BCUT2D eigenvalue weighted by Crippen LogP contribution is 2.40. The Kier molecular flexibility index (Phi) is 4.78. The Hall–Kier alpha value is -2.54. The summed E-state index contributed by atoms with van der Waals surface area (Å²) in [5.41, 5.74) is 2.04. The topological polar surface area (TPSA) is 64.8 Å². The average molecular weight is 431 g/mol. The zero-order chi connectivity index (χ0) is 19.0. The number of halogens is 1. The van der Waals surface area contributed by atoms with Crippen LogP contribution in [0.3, 0.4) is 0 Å². The number of likely N-dealkylation sites (tertiary alicyclic amines) is 1. The Bertz CT molecular complexity index is 984. The smallest absolute Gasteiger partial charge is 0.254 e. The van der Waals surface area contributed by atoms with Crippen LogP contribution in [0.15, 0.2) is 45.4 Å². The molecule has 3 aromatic rings. The minimum atomic E-state index is -0.125. The first kappa shape index (κ1) is 17.9. The van der Waals surface area contributed by atoms with Gasteiger partial charge in [0.2, 0.25) is 0 Å². The minimum absolute atomic E-state index is 0.00151. The second kappa shape index (κ2) is 7.23. The van der Waals surface area contributed by atoms with Gasteiger partial charge in [0.1, 0.15) is 5.69 Å². The number of carbonyl (C=O) groups excluding carboxylic acids is 1. The molecule has 0 spiro atoms. The SMILES string of the molecule is COc1cc2onc([C@H]3CCCN3C(=O)c3ccc(Br)cc3)c2cc1OC. The molecular formula is C20H19BrN2O4. The van der Waals surface area contributed by atoms with Crippen molar-refractivity contribution in [3.05, 3.63) is 52.1 Å². The van der Waals surface area contributed by atoms with E-state index >= 15 is 0 Å². The molecule has 7 heteroatoms. The molecule has 0 unspecified atom stereocenters. The first-order valence-corrected chi connectivity index (χ1v) is 9.49. The first-order valence-electron chi connectivity index (χ1n) is 8.70. The van der Waals surface area contributed by atoms with Crippen molar-refractivity contribution in [1.82, 2.24) is 10.1 Å². The van der Waals surface area contributed by atoms with Gasteiger partial charge in [-0.15, -0.1) is 0 Å². The van der Waals surface area contributed by atoms with Gasteiger partial charge in [-0.05, 0) is 43.2 Å². The van der Waals surface area contributed by atoms with Gasteiger partial charge >= 0.3 is 0 Å². The molecule has 27 heavy (non-hydrogen) atoms. The molecule has 1 amide bonds. The van der Waals surface area contributed by atoms with Gasteiger partial charge in [0.25, 0.3) is 5.91 Å². The number of amides is 1. The Labute approximate surface area is 165 Å². The summed E-state index contributed by atoms with van der Waals surface area (Å²) in [5, 5.41) is 5.12. The fourth-order valence-electron chi connectivity index (χ4n) is 3.58. The molecule has 1 aromatic heterocycles. The molecule has 0 bridgehead atoms. The standard InChI is InChI=1S/C20H19BrN2O4/c1-25-17-10-14-16(11-18(17)26-2)27-22-19(14)15-4-3-9-23(15)20(24)12-5-7-13(21)8-6-12/h5-8,10-11,15H,3-4,9H2,1-2H3/t15-/m1/s1. The number of benzene rings is 2. The van der Waals surface area contributed by atoms with Crippen LogP contribution in [0, 0.1) is 0 Å². The Morgan fingerprint density at radius 2 is 1.89 bits per heavy atom. The van der Waals surface area contributed by atoms with Gasteiger partial charge in [-0.1, -0.05) is 21.1 Å². The second-order valence-electron chi connectivity index (χ2n) is 6.43. The lowest BCUT2D eigenvalue weighted by molar-refractivity contribution is 0.0732. The number of ether oxygens (including phenoxy) is 2. The number of methoxy groups -OCH3 is 2. The highest BCUT2D eigenvalue weighted by molar-refractivity contribution is 9.10. The van der Waals surface area contributed by atoms with Crippen LogP contribution in [0.4, 0.5) is 0 Å². The summed E-state index contributed by atoms with van der Waals surface area (Å²) >= 11 is 3.40. The maximum atomic E-state index is 13.0. The third-order valence-corrected chi connectivity index (χ3v) is 5.45. The summed E-state index contributed by atoms with van der Waals surface area (Å²) in [7, 11) is 3.17. The first-order chi connectivity index (χ1) is 13.1. The van der Waals surface area contributed by atoms with E-state index in [9.17, 15) is 4.79 Å². The number of hydrogen-bond donors (Lipinski definition) is 0. The van der Waals surface area contributed by atoms with Gasteiger partial charge in [-0.2, -0.15) is 0 Å². The van der Waals surface area contributed by atoms with E-state index in [1.165, 1.54) is 0 Å². The Balaban J connectivity index is 1.71. The number of nitrogens with zero attached hydrogens (tertiary/aromatic N) is 2. The maximum Gasteiger partial charge on any atom is 0.254 e. The summed E-state index contributed by atoms with van der Waals surface area (Å²) in [6, 6.07) is 10.9. The van der Waals surface area contributed by atoms with Gasteiger partial charge in [0.05, 0.1) is 25.6 Å². The molecule has 1 saturated heterocycles. The lowest BCUT2D eigenvalue weighted by atomic mass is 10.1. The van der Waals surface area contributed by atoms with Crippen LogP contribution in [-0.4, -0.2) is 36.7 Å². The minimum Gasteiger partial charge on any atom is -0.493 e. The van der Waals surface area contributed by atoms with Crippen molar-refractivity contribution in [2.24, 2.45) is 0 Å². The third kappa shape index (κ3) is 3.16. The van der Waals surface area contributed by atoms with Crippen molar-refractivity contribution >= 4 is 32.8 Å². The van der Waals surface area contributed by atoms with Crippen LogP contribution in [0.1, 0.15) is 34.9 Å². The number of fused-ring (bicyclic) bond motifs is 1. The number of carbonyl (C=O) groups is 1. The van der Waals surface area contributed by atoms with E-state index < -0.39 is 0 Å². The molecule has 1 atom stereocenters. The quantitative estimate of drug-likeness (QED) is 0.605. The monoisotopic (exact) mass is 430 g/mol. The summed E-state index contributed by atoms with van der Waals surface area (Å²) < 4.78 is 17.2. The zero-order valence-electron chi connectivity index (χ0n) is 15.1. The van der Waals surface area contributed by atoms with Crippen LogP contribution in [-0.2, 0) is 0 Å². The van der Waals surface area contributed by atoms with Crippen molar-refractivity contribution in [2.45, 2.75) is 18.9 Å². The van der Waals surface area contributed by atoms with E-state index in [1.54, 1.807) is 20.3 Å². The van der Waals surface area contributed by atoms with E-state index in [0.29, 0.717) is 29.2 Å². The highest BCUT2D eigenvalue weighted by atomic mass is 79.9. The van der Waals surface area contributed by atoms with E-state index in [2.05, 4.69) is 21.1 Å². The van der Waals surface area contributed by atoms with E-state index in [-0.39, 0.29) is 11.9 Å². The van der Waals surface area contributed by atoms with E-state index in [0.717, 1.165) is 28.4 Å². The molecular weight excluding hydrogens is 412 g/mol. The van der Waals surface area contributed by atoms with E-state index in [1.807, 2.05) is 35.2 Å². The fourth-order valence-corrected chi connectivity index (χ4v) is 3.84. The third-order valence-electron chi connectivity index (χ3n) is 4.92. The predicted octanol–water partition coefficient (Wildman–Crippen LogP) is 4.58. The molecule has 0 aliphatic carbocycles. The van der Waals surface area contributed by atoms with Gasteiger partial charge in [0.15, 0.2) is 17.1 Å². The highest BCUT2D eigenvalue weighted by Gasteiger charge is 2.34. The van der Waals surface area contributed by atoms with Crippen molar-refractivity contribution < 1.29 is 18.8 Å². The molecule has 0 radical (unpaired) electrons.